The molecule has 5 atom stereocenters. The normalized spacial score (nSPS) is 31.0. The molecule has 2 fully saturated rings. The number of fused-ring (bicyclic) bond motifs is 3. The molecule has 0 spiro atoms. The molecular formula is C25H32O. The second kappa shape index (κ2) is 7.56. The quantitative estimate of drug-likeness (QED) is 0.722. The Kier molecular flexibility index (Phi) is 5.18. The van der Waals surface area contributed by atoms with E-state index in [9.17, 15) is 5.11 Å². The van der Waals surface area contributed by atoms with E-state index < -0.39 is 5.60 Å². The maximum atomic E-state index is 12.2. The lowest BCUT2D eigenvalue weighted by atomic mass is 9.67. The maximum absolute atomic E-state index is 12.2. The van der Waals surface area contributed by atoms with Gasteiger partial charge < -0.3 is 5.11 Å². The van der Waals surface area contributed by atoms with Gasteiger partial charge in [-0.15, -0.1) is 0 Å². The minimum absolute atomic E-state index is 0.364. The van der Waals surface area contributed by atoms with Crippen LogP contribution in [0.2, 0.25) is 0 Å². The van der Waals surface area contributed by atoms with E-state index in [1.54, 1.807) is 0 Å². The Morgan fingerprint density at radius 3 is 2.08 bits per heavy atom. The van der Waals surface area contributed by atoms with Gasteiger partial charge >= 0.3 is 0 Å². The highest BCUT2D eigenvalue weighted by Crippen LogP contribution is 2.50. The molecule has 2 aromatic rings. The predicted octanol–water partition coefficient (Wildman–Crippen LogP) is 5.97. The number of hydrogen-bond acceptors (Lipinski definition) is 1. The smallest absolute Gasteiger partial charge is 0.0967 e. The van der Waals surface area contributed by atoms with Gasteiger partial charge in [0.2, 0.25) is 0 Å². The summed E-state index contributed by atoms with van der Waals surface area (Å²) in [5.74, 6) is 2.74. The maximum Gasteiger partial charge on any atom is 0.0967 e. The van der Waals surface area contributed by atoms with E-state index in [4.69, 9.17) is 0 Å². The van der Waals surface area contributed by atoms with Gasteiger partial charge in [0, 0.05) is 6.42 Å². The minimum Gasteiger partial charge on any atom is -0.385 e. The summed E-state index contributed by atoms with van der Waals surface area (Å²) < 4.78 is 0. The third kappa shape index (κ3) is 3.47. The lowest BCUT2D eigenvalue weighted by Crippen LogP contribution is -2.41. The molecule has 4 rings (SSSR count). The van der Waals surface area contributed by atoms with Crippen molar-refractivity contribution in [3.05, 3.63) is 71.8 Å². The Labute approximate surface area is 158 Å². The molecule has 5 unspecified atom stereocenters. The van der Waals surface area contributed by atoms with Crippen LogP contribution in [0.1, 0.15) is 56.6 Å². The molecule has 2 saturated carbocycles. The molecule has 2 aliphatic rings. The Bertz CT molecular complexity index is 693. The predicted molar refractivity (Wildman–Crippen MR) is 108 cm³/mol. The van der Waals surface area contributed by atoms with Crippen molar-refractivity contribution in [1.82, 2.24) is 0 Å². The highest BCUT2D eigenvalue weighted by molar-refractivity contribution is 5.28. The second-order valence-electron chi connectivity index (χ2n) is 8.79. The van der Waals surface area contributed by atoms with Gasteiger partial charge in [0.05, 0.1) is 5.60 Å². The van der Waals surface area contributed by atoms with Crippen molar-refractivity contribution in [3.8, 4) is 0 Å². The Morgan fingerprint density at radius 1 is 0.769 bits per heavy atom. The van der Waals surface area contributed by atoms with Gasteiger partial charge in [-0.1, -0.05) is 74.0 Å². The summed E-state index contributed by atoms with van der Waals surface area (Å²) in [6.07, 6.45) is 8.44. The molecule has 0 aliphatic heterocycles. The van der Waals surface area contributed by atoms with Gasteiger partial charge in [0.25, 0.3) is 0 Å². The molecule has 0 aromatic heterocycles. The first-order valence-electron chi connectivity index (χ1n) is 10.5. The van der Waals surface area contributed by atoms with E-state index in [1.807, 2.05) is 0 Å². The van der Waals surface area contributed by atoms with E-state index in [2.05, 4.69) is 67.6 Å². The molecule has 138 valence electrons. The van der Waals surface area contributed by atoms with Crippen molar-refractivity contribution in [2.45, 2.75) is 57.5 Å². The molecule has 1 nitrogen and oxygen atoms in total. The Morgan fingerprint density at radius 2 is 1.35 bits per heavy atom. The first kappa shape index (κ1) is 17.8. The monoisotopic (exact) mass is 348 g/mol. The van der Waals surface area contributed by atoms with Crippen LogP contribution in [0.5, 0.6) is 0 Å². The largest absolute Gasteiger partial charge is 0.385 e. The molecule has 2 aromatic carbocycles. The minimum atomic E-state index is -0.761. The molecule has 2 aliphatic carbocycles. The summed E-state index contributed by atoms with van der Waals surface area (Å²) in [4.78, 5) is 0. The highest BCUT2D eigenvalue weighted by Gasteiger charge is 2.45. The zero-order chi connectivity index (χ0) is 18.0. The molecular weight excluding hydrogens is 316 g/mol. The van der Waals surface area contributed by atoms with Crippen LogP contribution in [0.25, 0.3) is 0 Å². The van der Waals surface area contributed by atoms with Gasteiger partial charge in [0.1, 0.15) is 0 Å². The van der Waals surface area contributed by atoms with Crippen LogP contribution < -0.4 is 0 Å². The third-order valence-corrected chi connectivity index (χ3v) is 7.33. The Hall–Kier alpha value is -1.60. The fraction of sp³-hybridized carbons (Fsp3) is 0.520. The van der Waals surface area contributed by atoms with Crippen molar-refractivity contribution in [2.75, 3.05) is 0 Å². The summed E-state index contributed by atoms with van der Waals surface area (Å²) in [5, 5.41) is 12.2. The van der Waals surface area contributed by atoms with Crippen molar-refractivity contribution in [2.24, 2.45) is 23.7 Å². The zero-order valence-electron chi connectivity index (χ0n) is 16.0. The second-order valence-corrected chi connectivity index (χ2v) is 8.79. The average molecular weight is 349 g/mol. The fourth-order valence-electron chi connectivity index (χ4n) is 5.74. The summed E-state index contributed by atoms with van der Waals surface area (Å²) in [6, 6.07) is 21.0. The van der Waals surface area contributed by atoms with Crippen molar-refractivity contribution >= 4 is 0 Å². The van der Waals surface area contributed by atoms with Crippen LogP contribution in [0, 0.1) is 23.7 Å². The Balaban J connectivity index is 1.71. The molecule has 0 radical (unpaired) electrons. The summed E-state index contributed by atoms with van der Waals surface area (Å²) >= 11 is 0. The van der Waals surface area contributed by atoms with Gasteiger partial charge in [-0.2, -0.15) is 0 Å². The molecule has 1 N–H and O–H groups in total. The fourth-order valence-corrected chi connectivity index (χ4v) is 5.74. The van der Waals surface area contributed by atoms with Crippen LogP contribution >= 0.6 is 0 Å². The summed E-state index contributed by atoms with van der Waals surface area (Å²) in [7, 11) is 0. The van der Waals surface area contributed by atoms with Crippen molar-refractivity contribution in [1.29, 1.82) is 0 Å². The number of hydrogen-bond donors (Lipinski definition) is 1. The lowest BCUT2D eigenvalue weighted by Gasteiger charge is -2.42. The molecule has 26 heavy (non-hydrogen) atoms. The first-order valence-corrected chi connectivity index (χ1v) is 10.5. The van der Waals surface area contributed by atoms with Crippen LogP contribution in [0.3, 0.4) is 0 Å². The lowest BCUT2D eigenvalue weighted by molar-refractivity contribution is -0.0563. The number of rotatable bonds is 4. The zero-order valence-corrected chi connectivity index (χ0v) is 16.0. The van der Waals surface area contributed by atoms with Gasteiger partial charge in [-0.3, -0.25) is 0 Å². The molecule has 0 amide bonds. The van der Waals surface area contributed by atoms with Gasteiger partial charge in [-0.25, -0.2) is 0 Å². The number of aliphatic hydroxyl groups is 1. The van der Waals surface area contributed by atoms with Crippen LogP contribution in [0.4, 0.5) is 0 Å². The van der Waals surface area contributed by atoms with Gasteiger partial charge in [-0.05, 0) is 66.9 Å². The highest BCUT2D eigenvalue weighted by atomic mass is 16.3. The van der Waals surface area contributed by atoms with Crippen LogP contribution in [-0.2, 0) is 12.0 Å². The van der Waals surface area contributed by atoms with E-state index in [-0.39, 0.29) is 0 Å². The molecule has 2 bridgehead atoms. The topological polar surface area (TPSA) is 20.2 Å². The summed E-state index contributed by atoms with van der Waals surface area (Å²) in [6.45, 7) is 2.45. The van der Waals surface area contributed by atoms with E-state index in [0.29, 0.717) is 11.8 Å². The van der Waals surface area contributed by atoms with Crippen LogP contribution in [-0.4, -0.2) is 5.11 Å². The van der Waals surface area contributed by atoms with Crippen molar-refractivity contribution < 1.29 is 5.11 Å². The molecule has 0 saturated heterocycles. The third-order valence-electron chi connectivity index (χ3n) is 7.33. The standard InChI is InChI=1S/C25H32O/c1-19-12-13-22-15-14-21(19)16-17-24(22)25(26,23-10-6-3-7-11-23)18-20-8-4-2-5-9-20/h2-11,19,21-22,24,26H,12-18H2,1H3. The van der Waals surface area contributed by atoms with E-state index in [1.165, 1.54) is 37.7 Å². The van der Waals surface area contributed by atoms with Crippen LogP contribution in [0.15, 0.2) is 60.7 Å². The SMILES string of the molecule is CC1CCC2CCC1CCC2C(O)(Cc1ccccc1)c1ccccc1. The molecule has 1 heteroatoms. The van der Waals surface area contributed by atoms with Crippen molar-refractivity contribution in [3.63, 3.8) is 0 Å². The first-order chi connectivity index (χ1) is 12.7. The number of benzene rings is 2. The van der Waals surface area contributed by atoms with E-state index in [0.717, 1.165) is 30.2 Å². The van der Waals surface area contributed by atoms with Gasteiger partial charge in [0.15, 0.2) is 0 Å². The molecule has 0 heterocycles. The summed E-state index contributed by atoms with van der Waals surface area (Å²) in [5.41, 5.74) is 1.58. The average Bonchev–Trinajstić information content (AvgIpc) is 3.00. The van der Waals surface area contributed by atoms with E-state index >= 15 is 0 Å².